The van der Waals surface area contributed by atoms with Gasteiger partial charge in [0.2, 0.25) is 0 Å². The summed E-state index contributed by atoms with van der Waals surface area (Å²) >= 11 is 0. The summed E-state index contributed by atoms with van der Waals surface area (Å²) in [4.78, 5) is 10.9. The van der Waals surface area contributed by atoms with Gasteiger partial charge in [-0.25, -0.2) is 8.42 Å². The van der Waals surface area contributed by atoms with Crippen molar-refractivity contribution < 1.29 is 18.3 Å². The summed E-state index contributed by atoms with van der Waals surface area (Å²) in [7, 11) is -3.85. The Hall–Kier alpha value is -2.40. The second kappa shape index (κ2) is 6.58. The zero-order chi connectivity index (χ0) is 16.2. The van der Waals surface area contributed by atoms with Crippen molar-refractivity contribution >= 4 is 28.0 Å². The van der Waals surface area contributed by atoms with Crippen molar-refractivity contribution in [3.8, 4) is 0 Å². The fourth-order valence-corrected chi connectivity index (χ4v) is 3.05. The van der Waals surface area contributed by atoms with Gasteiger partial charge in [0.05, 0.1) is 4.90 Å². The van der Waals surface area contributed by atoms with Crippen molar-refractivity contribution in [2.75, 3.05) is 0 Å². The molecule has 0 saturated carbocycles. The van der Waals surface area contributed by atoms with Gasteiger partial charge in [-0.2, -0.15) is 0 Å². The van der Waals surface area contributed by atoms with E-state index in [1.54, 1.807) is 12.1 Å². The first-order valence-corrected chi connectivity index (χ1v) is 8.26. The van der Waals surface area contributed by atoms with Gasteiger partial charge in [-0.1, -0.05) is 54.6 Å². The molecule has 0 bridgehead atoms. The van der Waals surface area contributed by atoms with E-state index < -0.39 is 21.1 Å². The smallest absolute Gasteiger partial charge is 0.321 e. The second-order valence-corrected chi connectivity index (χ2v) is 7.11. The Kier molecular flexibility index (Phi) is 4.78. The molecule has 2 rings (SSSR count). The predicted octanol–water partition coefficient (Wildman–Crippen LogP) is 3.10. The van der Waals surface area contributed by atoms with Crippen molar-refractivity contribution in [1.82, 2.24) is 0 Å². The van der Waals surface area contributed by atoms with Gasteiger partial charge in [-0.05, 0) is 30.2 Å². The first-order chi connectivity index (χ1) is 10.4. The number of benzene rings is 2. The lowest BCUT2D eigenvalue weighted by atomic mass is 10.1. The van der Waals surface area contributed by atoms with E-state index in [-0.39, 0.29) is 4.90 Å². The Labute approximate surface area is 129 Å². The van der Waals surface area contributed by atoms with E-state index in [9.17, 15) is 13.2 Å². The van der Waals surface area contributed by atoms with Crippen LogP contribution in [0.1, 0.15) is 18.1 Å². The van der Waals surface area contributed by atoms with E-state index in [1.165, 1.54) is 19.1 Å². The quantitative estimate of drug-likeness (QED) is 0.860. The van der Waals surface area contributed by atoms with Gasteiger partial charge >= 0.3 is 5.97 Å². The molecule has 0 amide bonds. The van der Waals surface area contributed by atoms with Crippen molar-refractivity contribution in [3.63, 3.8) is 0 Å². The molecule has 22 heavy (non-hydrogen) atoms. The molecule has 1 N–H and O–H groups in total. The largest absolute Gasteiger partial charge is 0.480 e. The van der Waals surface area contributed by atoms with E-state index in [0.717, 1.165) is 11.1 Å². The number of hydrogen-bond acceptors (Lipinski definition) is 3. The van der Waals surface area contributed by atoms with E-state index in [0.29, 0.717) is 0 Å². The maximum Gasteiger partial charge on any atom is 0.321 e. The summed E-state index contributed by atoms with van der Waals surface area (Å²) in [5, 5.41) is 7.39. The maximum atomic E-state index is 12.1. The topological polar surface area (TPSA) is 71.4 Å². The van der Waals surface area contributed by atoms with Gasteiger partial charge in [0.25, 0.3) is 0 Å². The SMILES string of the molecule is CC(C(=O)O)S(=O)(=O)c1ccc(C=Cc2ccccc2)cc1. The molecule has 1 unspecified atom stereocenters. The monoisotopic (exact) mass is 316 g/mol. The van der Waals surface area contributed by atoms with Crippen molar-refractivity contribution in [1.29, 1.82) is 0 Å². The maximum absolute atomic E-state index is 12.1. The average molecular weight is 316 g/mol. The molecule has 0 fully saturated rings. The molecule has 2 aromatic carbocycles. The lowest BCUT2D eigenvalue weighted by molar-refractivity contribution is -0.136. The first kappa shape index (κ1) is 16.0. The fraction of sp³-hybridized carbons (Fsp3) is 0.118. The zero-order valence-electron chi connectivity index (χ0n) is 12.0. The third-order valence-corrected chi connectivity index (χ3v) is 5.35. The van der Waals surface area contributed by atoms with Gasteiger partial charge in [0.1, 0.15) is 0 Å². The lowest BCUT2D eigenvalue weighted by Gasteiger charge is -2.08. The van der Waals surface area contributed by atoms with Crippen molar-refractivity contribution in [2.24, 2.45) is 0 Å². The second-order valence-electron chi connectivity index (χ2n) is 4.84. The number of aliphatic carboxylic acids is 1. The number of carboxylic acid groups (broad SMARTS) is 1. The molecule has 2 aromatic rings. The van der Waals surface area contributed by atoms with Crippen LogP contribution in [0.25, 0.3) is 12.2 Å². The highest BCUT2D eigenvalue weighted by Gasteiger charge is 2.29. The van der Waals surface area contributed by atoms with Crippen molar-refractivity contribution in [2.45, 2.75) is 17.1 Å². The minimum Gasteiger partial charge on any atom is -0.480 e. The summed E-state index contributed by atoms with van der Waals surface area (Å²) in [6.45, 7) is 1.17. The fourth-order valence-electron chi connectivity index (χ4n) is 1.86. The molecular formula is C17H16O4S. The Morgan fingerprint density at radius 3 is 1.95 bits per heavy atom. The van der Waals surface area contributed by atoms with Gasteiger partial charge in [-0.3, -0.25) is 4.79 Å². The summed E-state index contributed by atoms with van der Waals surface area (Å²) < 4.78 is 24.1. The summed E-state index contributed by atoms with van der Waals surface area (Å²) in [5.41, 5.74) is 1.88. The standard InChI is InChI=1S/C17H16O4S/c1-13(17(18)19)22(20,21)16-11-9-15(10-12-16)8-7-14-5-3-2-4-6-14/h2-13H,1H3,(H,18,19). The van der Waals surface area contributed by atoms with E-state index in [2.05, 4.69) is 0 Å². The van der Waals surface area contributed by atoms with Crippen LogP contribution < -0.4 is 0 Å². The molecule has 0 aliphatic heterocycles. The Bertz CT molecular complexity index is 775. The molecule has 0 saturated heterocycles. The minimum atomic E-state index is -3.85. The number of sulfone groups is 1. The van der Waals surface area contributed by atoms with Gasteiger partial charge in [-0.15, -0.1) is 0 Å². The lowest BCUT2D eigenvalue weighted by Crippen LogP contribution is -2.26. The van der Waals surface area contributed by atoms with Gasteiger partial charge < -0.3 is 5.11 Å². The molecule has 0 radical (unpaired) electrons. The van der Waals surface area contributed by atoms with Crippen LogP contribution in [0, 0.1) is 0 Å². The Morgan fingerprint density at radius 1 is 0.955 bits per heavy atom. The van der Waals surface area contributed by atoms with E-state index in [1.807, 2.05) is 42.5 Å². The van der Waals surface area contributed by atoms with Crippen LogP contribution in [-0.4, -0.2) is 24.7 Å². The third kappa shape index (κ3) is 3.62. The molecule has 4 nitrogen and oxygen atoms in total. The van der Waals surface area contributed by atoms with Crippen LogP contribution in [0.2, 0.25) is 0 Å². The van der Waals surface area contributed by atoms with Crippen LogP contribution >= 0.6 is 0 Å². The molecule has 0 spiro atoms. The molecule has 0 heterocycles. The normalized spacial score (nSPS) is 13.1. The molecule has 0 aliphatic carbocycles. The summed E-state index contributed by atoms with van der Waals surface area (Å²) in [6.07, 6.45) is 3.79. The first-order valence-electron chi connectivity index (χ1n) is 6.71. The summed E-state index contributed by atoms with van der Waals surface area (Å²) in [5.74, 6) is -1.35. The minimum absolute atomic E-state index is 0.0132. The molecular weight excluding hydrogens is 300 g/mol. The zero-order valence-corrected chi connectivity index (χ0v) is 12.8. The van der Waals surface area contributed by atoms with E-state index in [4.69, 9.17) is 5.11 Å². The molecule has 5 heteroatoms. The molecule has 1 atom stereocenters. The third-order valence-electron chi connectivity index (χ3n) is 3.29. The Morgan fingerprint density at radius 2 is 1.45 bits per heavy atom. The molecule has 114 valence electrons. The highest BCUT2D eigenvalue weighted by atomic mass is 32.2. The number of carbonyl (C=O) groups is 1. The molecule has 0 aromatic heterocycles. The van der Waals surface area contributed by atoms with Crippen LogP contribution in [-0.2, 0) is 14.6 Å². The average Bonchev–Trinajstić information content (AvgIpc) is 2.53. The van der Waals surface area contributed by atoms with Crippen LogP contribution in [0.3, 0.4) is 0 Å². The highest BCUT2D eigenvalue weighted by Crippen LogP contribution is 2.18. The highest BCUT2D eigenvalue weighted by molar-refractivity contribution is 7.92. The predicted molar refractivity (Wildman–Crippen MR) is 86.1 cm³/mol. The van der Waals surface area contributed by atoms with Crippen LogP contribution in [0.15, 0.2) is 59.5 Å². The van der Waals surface area contributed by atoms with Crippen LogP contribution in [0.5, 0.6) is 0 Å². The van der Waals surface area contributed by atoms with Gasteiger partial charge in [0, 0.05) is 0 Å². The number of rotatable bonds is 5. The van der Waals surface area contributed by atoms with E-state index >= 15 is 0 Å². The Balaban J connectivity index is 2.21. The van der Waals surface area contributed by atoms with Gasteiger partial charge in [0.15, 0.2) is 15.1 Å². The summed E-state index contributed by atoms with van der Waals surface area (Å²) in [6, 6.07) is 15.9. The number of carboxylic acids is 1. The van der Waals surface area contributed by atoms with Crippen LogP contribution in [0.4, 0.5) is 0 Å². The number of hydrogen-bond donors (Lipinski definition) is 1. The van der Waals surface area contributed by atoms with Crippen molar-refractivity contribution in [3.05, 3.63) is 65.7 Å². The molecule has 0 aliphatic rings.